The van der Waals surface area contributed by atoms with Crippen molar-refractivity contribution in [3.63, 3.8) is 0 Å². The van der Waals surface area contributed by atoms with Crippen LogP contribution in [0.4, 0.5) is 13.2 Å². The molecule has 1 aromatic carbocycles. The Bertz CT molecular complexity index is 824. The van der Waals surface area contributed by atoms with E-state index in [4.69, 9.17) is 0 Å². The van der Waals surface area contributed by atoms with Crippen LogP contribution in [0.25, 0.3) is 5.69 Å². The minimum Gasteiger partial charge on any atom is -0.349 e. The van der Waals surface area contributed by atoms with Crippen molar-refractivity contribution >= 4 is 5.91 Å². The van der Waals surface area contributed by atoms with Crippen molar-refractivity contribution in [2.24, 2.45) is 5.41 Å². The van der Waals surface area contributed by atoms with Crippen LogP contribution in [0.3, 0.4) is 0 Å². The molecule has 7 heteroatoms. The van der Waals surface area contributed by atoms with Gasteiger partial charge in [-0.15, -0.1) is 0 Å². The summed E-state index contributed by atoms with van der Waals surface area (Å²) in [4.78, 5) is 11.8. The number of alkyl halides is 3. The number of nitrogens with one attached hydrogen (secondary N) is 1. The molecule has 0 saturated carbocycles. The fourth-order valence-corrected chi connectivity index (χ4v) is 3.61. The second-order valence-electron chi connectivity index (χ2n) is 7.70. The number of para-hydroxylation sites is 1. The fraction of sp³-hybridized carbons (Fsp3) is 0.474. The van der Waals surface area contributed by atoms with Gasteiger partial charge in [-0.25, -0.2) is 4.68 Å². The lowest BCUT2D eigenvalue weighted by molar-refractivity contribution is -0.154. The van der Waals surface area contributed by atoms with Crippen molar-refractivity contribution in [1.82, 2.24) is 15.1 Å². The van der Waals surface area contributed by atoms with Crippen LogP contribution in [0.1, 0.15) is 49.6 Å². The van der Waals surface area contributed by atoms with Crippen LogP contribution < -0.4 is 5.32 Å². The van der Waals surface area contributed by atoms with Gasteiger partial charge in [0.2, 0.25) is 5.91 Å². The SMILES string of the molecule is Cc1ccccc1-n1ncc2c1CC(C)(C)C[C@H]2NC(=O)CC(F)(F)F. The predicted molar refractivity (Wildman–Crippen MR) is 92.0 cm³/mol. The number of fused-ring (bicyclic) bond motifs is 1. The van der Waals surface area contributed by atoms with E-state index in [2.05, 4.69) is 10.4 Å². The molecule has 3 rings (SSSR count). The summed E-state index contributed by atoms with van der Waals surface area (Å²) in [6.07, 6.45) is -3.01. The molecule has 140 valence electrons. The molecule has 1 N–H and O–H groups in total. The second kappa shape index (κ2) is 6.45. The summed E-state index contributed by atoms with van der Waals surface area (Å²) >= 11 is 0. The highest BCUT2D eigenvalue weighted by molar-refractivity contribution is 5.77. The molecule has 26 heavy (non-hydrogen) atoms. The van der Waals surface area contributed by atoms with E-state index in [0.29, 0.717) is 6.42 Å². The number of carbonyl (C=O) groups is 1. The molecule has 2 aromatic rings. The summed E-state index contributed by atoms with van der Waals surface area (Å²) in [6.45, 7) is 6.09. The summed E-state index contributed by atoms with van der Waals surface area (Å²) in [5, 5.41) is 7.02. The van der Waals surface area contributed by atoms with Crippen molar-refractivity contribution in [3.05, 3.63) is 47.3 Å². The fourth-order valence-electron chi connectivity index (χ4n) is 3.61. The Morgan fingerprint density at radius 1 is 1.35 bits per heavy atom. The number of hydrogen-bond donors (Lipinski definition) is 1. The van der Waals surface area contributed by atoms with Crippen LogP contribution in [0.2, 0.25) is 0 Å². The topological polar surface area (TPSA) is 46.9 Å². The maximum absolute atomic E-state index is 12.5. The average molecular weight is 365 g/mol. The van der Waals surface area contributed by atoms with Crippen LogP contribution >= 0.6 is 0 Å². The van der Waals surface area contributed by atoms with E-state index in [1.807, 2.05) is 49.7 Å². The lowest BCUT2D eigenvalue weighted by Crippen LogP contribution is -2.38. The third kappa shape index (κ3) is 3.92. The van der Waals surface area contributed by atoms with E-state index in [9.17, 15) is 18.0 Å². The number of benzene rings is 1. The number of hydrogen-bond acceptors (Lipinski definition) is 2. The van der Waals surface area contributed by atoms with Crippen molar-refractivity contribution in [2.75, 3.05) is 0 Å². The monoisotopic (exact) mass is 365 g/mol. The van der Waals surface area contributed by atoms with E-state index >= 15 is 0 Å². The molecule has 0 radical (unpaired) electrons. The Morgan fingerprint density at radius 3 is 2.69 bits per heavy atom. The quantitative estimate of drug-likeness (QED) is 0.883. The van der Waals surface area contributed by atoms with E-state index in [-0.39, 0.29) is 5.41 Å². The Morgan fingerprint density at radius 2 is 2.04 bits per heavy atom. The van der Waals surface area contributed by atoms with Crippen molar-refractivity contribution in [2.45, 2.75) is 52.3 Å². The van der Waals surface area contributed by atoms with Crippen LogP contribution in [0.5, 0.6) is 0 Å². The van der Waals surface area contributed by atoms with Crippen molar-refractivity contribution in [1.29, 1.82) is 0 Å². The first-order chi connectivity index (χ1) is 12.1. The number of rotatable bonds is 3. The molecule has 0 bridgehead atoms. The van der Waals surface area contributed by atoms with Gasteiger partial charge in [0.25, 0.3) is 0 Å². The standard InChI is InChI=1S/C19H22F3N3O/c1-12-6-4-5-7-15(12)25-16-9-18(2,3)8-14(13(16)11-23-25)24-17(26)10-19(20,21)22/h4-7,11,14H,8-10H2,1-3H3,(H,24,26)/t14-/m1/s1. The van der Waals surface area contributed by atoms with Gasteiger partial charge in [-0.1, -0.05) is 32.0 Å². The van der Waals surface area contributed by atoms with Gasteiger partial charge in [0.1, 0.15) is 6.42 Å². The van der Waals surface area contributed by atoms with Crippen molar-refractivity contribution in [3.8, 4) is 5.69 Å². The number of aromatic nitrogens is 2. The molecule has 0 unspecified atom stereocenters. The summed E-state index contributed by atoms with van der Waals surface area (Å²) < 4.78 is 39.3. The molecule has 0 saturated heterocycles. The maximum Gasteiger partial charge on any atom is 0.397 e. The highest BCUT2D eigenvalue weighted by Gasteiger charge is 2.38. The van der Waals surface area contributed by atoms with E-state index < -0.39 is 24.5 Å². The predicted octanol–water partition coefficient (Wildman–Crippen LogP) is 4.26. The molecule has 0 aliphatic heterocycles. The number of aryl methyl sites for hydroxylation is 1. The molecular formula is C19H22F3N3O. The van der Waals surface area contributed by atoms with Gasteiger partial charge in [-0.3, -0.25) is 4.79 Å². The van der Waals surface area contributed by atoms with Gasteiger partial charge in [-0.2, -0.15) is 18.3 Å². The Labute approximate surface area is 150 Å². The zero-order chi connectivity index (χ0) is 19.1. The highest BCUT2D eigenvalue weighted by atomic mass is 19.4. The maximum atomic E-state index is 12.5. The van der Waals surface area contributed by atoms with E-state index in [1.54, 1.807) is 6.20 Å². The first-order valence-corrected chi connectivity index (χ1v) is 8.55. The van der Waals surface area contributed by atoms with E-state index in [0.717, 1.165) is 28.9 Å². The molecule has 0 spiro atoms. The molecule has 1 heterocycles. The lowest BCUT2D eigenvalue weighted by Gasteiger charge is -2.36. The third-order valence-corrected chi connectivity index (χ3v) is 4.72. The van der Waals surface area contributed by atoms with Gasteiger partial charge in [0.15, 0.2) is 0 Å². The molecule has 1 aromatic heterocycles. The van der Waals surface area contributed by atoms with Crippen LogP contribution in [-0.2, 0) is 11.2 Å². The van der Waals surface area contributed by atoms with Gasteiger partial charge in [0.05, 0.1) is 23.6 Å². The molecule has 4 nitrogen and oxygen atoms in total. The minimum atomic E-state index is -4.51. The van der Waals surface area contributed by atoms with Gasteiger partial charge in [0, 0.05) is 5.56 Å². The first-order valence-electron chi connectivity index (χ1n) is 8.55. The normalized spacial score (nSPS) is 19.1. The number of nitrogens with zero attached hydrogens (tertiary/aromatic N) is 2. The number of carbonyl (C=O) groups excluding carboxylic acids is 1. The largest absolute Gasteiger partial charge is 0.397 e. The van der Waals surface area contributed by atoms with Crippen LogP contribution in [-0.4, -0.2) is 21.9 Å². The second-order valence-corrected chi connectivity index (χ2v) is 7.70. The summed E-state index contributed by atoms with van der Waals surface area (Å²) in [7, 11) is 0. The molecule has 1 aliphatic carbocycles. The molecule has 1 aliphatic rings. The zero-order valence-electron chi connectivity index (χ0n) is 15.0. The molecule has 1 atom stereocenters. The zero-order valence-corrected chi connectivity index (χ0v) is 15.0. The minimum absolute atomic E-state index is 0.163. The van der Waals surface area contributed by atoms with Crippen molar-refractivity contribution < 1.29 is 18.0 Å². The Balaban J connectivity index is 1.95. The Kier molecular flexibility index (Phi) is 4.58. The Hall–Kier alpha value is -2.31. The summed E-state index contributed by atoms with van der Waals surface area (Å²) in [5.41, 5.74) is 3.56. The highest BCUT2D eigenvalue weighted by Crippen LogP contribution is 2.41. The number of halogens is 3. The summed E-state index contributed by atoms with van der Waals surface area (Å²) in [6, 6.07) is 7.34. The molecule has 0 fully saturated rings. The van der Waals surface area contributed by atoms with Crippen LogP contribution in [0, 0.1) is 12.3 Å². The smallest absolute Gasteiger partial charge is 0.349 e. The van der Waals surface area contributed by atoms with Gasteiger partial charge in [-0.05, 0) is 36.8 Å². The van der Waals surface area contributed by atoms with Gasteiger partial charge >= 0.3 is 6.18 Å². The molecular weight excluding hydrogens is 343 g/mol. The van der Waals surface area contributed by atoms with Gasteiger partial charge < -0.3 is 5.32 Å². The lowest BCUT2D eigenvalue weighted by atomic mass is 9.74. The van der Waals surface area contributed by atoms with Crippen LogP contribution in [0.15, 0.2) is 30.5 Å². The third-order valence-electron chi connectivity index (χ3n) is 4.72. The molecule has 1 amide bonds. The average Bonchev–Trinajstić information content (AvgIpc) is 2.88. The first kappa shape index (κ1) is 18.5. The number of amides is 1. The van der Waals surface area contributed by atoms with E-state index in [1.165, 1.54) is 0 Å². The summed E-state index contributed by atoms with van der Waals surface area (Å²) in [5.74, 6) is -1.00.